The molecular weight excluding hydrogens is 518 g/mol. The van der Waals surface area contributed by atoms with E-state index in [4.69, 9.17) is 0 Å². The third-order valence-electron chi connectivity index (χ3n) is 9.07. The van der Waals surface area contributed by atoms with Crippen molar-refractivity contribution in [3.8, 4) is 55.6 Å². The van der Waals surface area contributed by atoms with Crippen molar-refractivity contribution in [3.05, 3.63) is 151 Å². The van der Waals surface area contributed by atoms with Crippen LogP contribution in [0.3, 0.4) is 0 Å². The highest BCUT2D eigenvalue weighted by molar-refractivity contribution is 6.28. The van der Waals surface area contributed by atoms with Crippen LogP contribution in [0.2, 0.25) is 0 Å². The lowest BCUT2D eigenvalue weighted by atomic mass is 9.82. The van der Waals surface area contributed by atoms with E-state index in [1.807, 2.05) is 6.20 Å². The van der Waals surface area contributed by atoms with Crippen molar-refractivity contribution >= 4 is 32.3 Å². The van der Waals surface area contributed by atoms with Crippen molar-refractivity contribution < 1.29 is 0 Å². The highest BCUT2D eigenvalue weighted by atomic mass is 14.7. The summed E-state index contributed by atoms with van der Waals surface area (Å²) in [6.07, 6.45) is 2.03. The van der Waals surface area contributed by atoms with Gasteiger partial charge in [0.05, 0.1) is 0 Å². The molecule has 8 aromatic rings. The first-order chi connectivity index (χ1) is 21.3. The molecule has 0 amide bonds. The third-order valence-corrected chi connectivity index (χ3v) is 9.07. The molecule has 0 unspecified atom stereocenters. The fourth-order valence-electron chi connectivity index (χ4n) is 7.31. The summed E-state index contributed by atoms with van der Waals surface area (Å²) in [5, 5.41) is 7.56. The number of nitrogens with zero attached hydrogens (tertiary/aromatic N) is 1. The molecular formula is C42H27N. The van der Waals surface area contributed by atoms with Crippen LogP contribution in [0.15, 0.2) is 146 Å². The molecule has 1 aromatic heterocycles. The molecule has 1 aliphatic rings. The zero-order valence-corrected chi connectivity index (χ0v) is 23.8. The summed E-state index contributed by atoms with van der Waals surface area (Å²) < 4.78 is 0. The van der Waals surface area contributed by atoms with Gasteiger partial charge in [-0.2, -0.15) is 0 Å². The molecule has 0 spiro atoms. The largest absolute Gasteiger partial charge is 0.261 e. The average Bonchev–Trinajstić information content (AvgIpc) is 3.38. The summed E-state index contributed by atoms with van der Waals surface area (Å²) in [6.45, 7) is 2.06. The number of hydrogen-bond acceptors (Lipinski definition) is 1. The lowest BCUT2D eigenvalue weighted by Gasteiger charge is -2.20. The Bertz CT molecular complexity index is 2380. The molecule has 1 nitrogen and oxygen atoms in total. The molecule has 0 fully saturated rings. The molecule has 43 heavy (non-hydrogen) atoms. The van der Waals surface area contributed by atoms with E-state index in [2.05, 4.69) is 151 Å². The Balaban J connectivity index is 1.47. The van der Waals surface area contributed by atoms with Crippen molar-refractivity contribution in [2.24, 2.45) is 0 Å². The van der Waals surface area contributed by atoms with E-state index in [9.17, 15) is 0 Å². The highest BCUT2D eigenvalue weighted by Gasteiger charge is 2.31. The van der Waals surface area contributed by atoms with Crippen LogP contribution in [0.25, 0.3) is 88.0 Å². The summed E-state index contributed by atoms with van der Waals surface area (Å²) in [6, 6.07) is 51.2. The average molecular weight is 546 g/mol. The number of hydrogen-bond donors (Lipinski definition) is 0. The maximum atomic E-state index is 4.68. The van der Waals surface area contributed by atoms with E-state index in [0.29, 0.717) is 0 Å². The van der Waals surface area contributed by atoms with Gasteiger partial charge in [0.25, 0.3) is 0 Å². The Kier molecular flexibility index (Phi) is 5.18. The topological polar surface area (TPSA) is 12.9 Å². The first-order valence-electron chi connectivity index (χ1n) is 14.9. The summed E-state index contributed by atoms with van der Waals surface area (Å²) in [7, 11) is 0. The molecule has 0 atom stereocenters. The number of aromatic nitrogens is 1. The standard InChI is InChI=1S/C42H27N/c1-26-22-29-16-10-20-32(37(29)25-43-26)31-23-30-17-11-21-35-38(30)36(24-31)42-40(28-14-6-3-7-15-28)34-19-9-8-18-33(34)39(41(35)42)27-12-4-2-5-13-27/h2-25H,1H3. The zero-order chi connectivity index (χ0) is 28.5. The van der Waals surface area contributed by atoms with Gasteiger partial charge in [-0.3, -0.25) is 4.98 Å². The zero-order valence-electron chi connectivity index (χ0n) is 23.8. The van der Waals surface area contributed by atoms with Gasteiger partial charge in [0.1, 0.15) is 0 Å². The molecule has 0 bridgehead atoms. The second kappa shape index (κ2) is 9.24. The van der Waals surface area contributed by atoms with Crippen LogP contribution in [0.5, 0.6) is 0 Å². The van der Waals surface area contributed by atoms with Crippen molar-refractivity contribution in [1.29, 1.82) is 0 Å². The SMILES string of the molecule is Cc1cc2cccc(-c3cc4c5c(cccc5c3)-c3c-4c(-c4ccccc4)c4ccccc4c3-c3ccccc3)c2cn1. The number of pyridine rings is 1. The van der Waals surface area contributed by atoms with Gasteiger partial charge >= 0.3 is 0 Å². The molecule has 1 heterocycles. The van der Waals surface area contributed by atoms with Gasteiger partial charge in [-0.1, -0.05) is 121 Å². The Morgan fingerprint density at radius 1 is 0.395 bits per heavy atom. The van der Waals surface area contributed by atoms with Crippen LogP contribution in [-0.2, 0) is 0 Å². The van der Waals surface area contributed by atoms with Gasteiger partial charge < -0.3 is 0 Å². The molecule has 0 aliphatic heterocycles. The van der Waals surface area contributed by atoms with Crippen molar-refractivity contribution in [3.63, 3.8) is 0 Å². The number of benzene rings is 7. The smallest absolute Gasteiger partial charge is 0.0379 e. The minimum absolute atomic E-state index is 1.04. The van der Waals surface area contributed by atoms with Gasteiger partial charge in [-0.15, -0.1) is 0 Å². The van der Waals surface area contributed by atoms with Crippen LogP contribution >= 0.6 is 0 Å². The first-order valence-corrected chi connectivity index (χ1v) is 14.9. The first kappa shape index (κ1) is 24.1. The van der Waals surface area contributed by atoms with Crippen molar-refractivity contribution in [2.75, 3.05) is 0 Å². The van der Waals surface area contributed by atoms with Crippen molar-refractivity contribution in [2.45, 2.75) is 6.92 Å². The predicted molar refractivity (Wildman–Crippen MR) is 182 cm³/mol. The number of rotatable bonds is 3. The summed E-state index contributed by atoms with van der Waals surface area (Å²) in [4.78, 5) is 4.68. The molecule has 200 valence electrons. The fraction of sp³-hybridized carbons (Fsp3) is 0.0238. The fourth-order valence-corrected chi connectivity index (χ4v) is 7.31. The number of fused-ring (bicyclic) bond motifs is 5. The second-order valence-electron chi connectivity index (χ2n) is 11.6. The molecule has 1 heteroatoms. The molecule has 1 aliphatic carbocycles. The van der Waals surface area contributed by atoms with Gasteiger partial charge in [-0.25, -0.2) is 0 Å². The lowest BCUT2D eigenvalue weighted by molar-refractivity contribution is 1.22. The quantitative estimate of drug-likeness (QED) is 0.215. The lowest BCUT2D eigenvalue weighted by Crippen LogP contribution is -1.93. The Morgan fingerprint density at radius 3 is 1.65 bits per heavy atom. The molecule has 0 radical (unpaired) electrons. The third kappa shape index (κ3) is 3.55. The van der Waals surface area contributed by atoms with Gasteiger partial charge in [0.15, 0.2) is 0 Å². The Morgan fingerprint density at radius 2 is 0.977 bits per heavy atom. The summed E-state index contributed by atoms with van der Waals surface area (Å²) >= 11 is 0. The predicted octanol–water partition coefficient (Wildman–Crippen LogP) is 11.5. The summed E-state index contributed by atoms with van der Waals surface area (Å²) in [5.74, 6) is 0. The molecule has 0 saturated carbocycles. The van der Waals surface area contributed by atoms with E-state index in [1.54, 1.807) is 0 Å². The summed E-state index contributed by atoms with van der Waals surface area (Å²) in [5.41, 5.74) is 13.8. The van der Waals surface area contributed by atoms with E-state index < -0.39 is 0 Å². The second-order valence-corrected chi connectivity index (χ2v) is 11.6. The minimum atomic E-state index is 1.04. The van der Waals surface area contributed by atoms with E-state index in [0.717, 1.165) is 5.69 Å². The molecule has 0 N–H and O–H groups in total. The van der Waals surface area contributed by atoms with Crippen LogP contribution in [0.4, 0.5) is 0 Å². The Labute approximate surface area is 250 Å². The van der Waals surface area contributed by atoms with Gasteiger partial charge in [0, 0.05) is 17.3 Å². The maximum absolute atomic E-state index is 4.68. The van der Waals surface area contributed by atoms with Crippen LogP contribution in [0, 0.1) is 6.92 Å². The van der Waals surface area contributed by atoms with Crippen LogP contribution in [0.1, 0.15) is 5.69 Å². The van der Waals surface area contributed by atoms with Gasteiger partial charge in [0.2, 0.25) is 0 Å². The number of aryl methyl sites for hydroxylation is 1. The molecule has 9 rings (SSSR count). The monoisotopic (exact) mass is 545 g/mol. The van der Waals surface area contributed by atoms with E-state index in [-0.39, 0.29) is 0 Å². The van der Waals surface area contributed by atoms with E-state index in [1.165, 1.54) is 88.0 Å². The van der Waals surface area contributed by atoms with Crippen LogP contribution in [-0.4, -0.2) is 4.98 Å². The van der Waals surface area contributed by atoms with E-state index >= 15 is 0 Å². The minimum Gasteiger partial charge on any atom is -0.261 e. The van der Waals surface area contributed by atoms with Crippen molar-refractivity contribution in [1.82, 2.24) is 4.98 Å². The normalized spacial score (nSPS) is 11.8. The molecule has 7 aromatic carbocycles. The van der Waals surface area contributed by atoms with Gasteiger partial charge in [-0.05, 0) is 108 Å². The highest BCUT2D eigenvalue weighted by Crippen LogP contribution is 2.58. The Hall–Kier alpha value is -5.53. The molecule has 0 saturated heterocycles. The maximum Gasteiger partial charge on any atom is 0.0379 e. The van der Waals surface area contributed by atoms with Crippen LogP contribution < -0.4 is 0 Å².